The normalized spacial score (nSPS) is 11.8. The standard InChI is InChI=1S/C20H22BN3O3/c1-14(2)24(19-10-8-18(23-27)9-11-19)20(25)16(13-22-26)7-6-15-4-3-5-17(21)12-15/h3-5,8-12,14,16H,6-7,13H2,1-2H3. The molecule has 2 aromatic rings. The average molecular weight is 363 g/mol. The van der Waals surface area contributed by atoms with Crippen LogP contribution in [0.15, 0.2) is 58.9 Å². The van der Waals surface area contributed by atoms with Gasteiger partial charge < -0.3 is 4.90 Å². The van der Waals surface area contributed by atoms with Gasteiger partial charge in [0.15, 0.2) is 0 Å². The summed E-state index contributed by atoms with van der Waals surface area (Å²) in [4.78, 5) is 36.3. The number of hydrogen-bond donors (Lipinski definition) is 0. The van der Waals surface area contributed by atoms with Gasteiger partial charge in [-0.3, -0.25) is 4.79 Å². The number of carbonyl (C=O) groups is 1. The van der Waals surface area contributed by atoms with Gasteiger partial charge in [-0.1, -0.05) is 34.9 Å². The van der Waals surface area contributed by atoms with E-state index in [4.69, 9.17) is 7.85 Å². The molecular formula is C20H22BN3O3. The van der Waals surface area contributed by atoms with Crippen LogP contribution in [-0.4, -0.2) is 26.3 Å². The first-order chi connectivity index (χ1) is 13.0. The minimum Gasteiger partial charge on any atom is -0.310 e. The second-order valence-corrected chi connectivity index (χ2v) is 6.70. The van der Waals surface area contributed by atoms with Gasteiger partial charge in [0.2, 0.25) is 5.91 Å². The van der Waals surface area contributed by atoms with Crippen molar-refractivity contribution in [3.05, 3.63) is 63.9 Å². The number of hydrogen-bond acceptors (Lipinski definition) is 5. The maximum Gasteiger partial charge on any atom is 0.232 e. The lowest BCUT2D eigenvalue weighted by Gasteiger charge is -2.30. The van der Waals surface area contributed by atoms with Gasteiger partial charge in [-0.05, 0) is 61.7 Å². The molecule has 0 saturated carbocycles. The molecule has 138 valence electrons. The average Bonchev–Trinajstić information content (AvgIpc) is 2.65. The van der Waals surface area contributed by atoms with Gasteiger partial charge in [0, 0.05) is 11.7 Å². The van der Waals surface area contributed by atoms with Gasteiger partial charge >= 0.3 is 0 Å². The minimum absolute atomic E-state index is 0.0850. The van der Waals surface area contributed by atoms with Crippen molar-refractivity contribution < 1.29 is 4.79 Å². The molecule has 7 heteroatoms. The Hall–Kier alpha value is -2.83. The predicted octanol–water partition coefficient (Wildman–Crippen LogP) is 3.64. The lowest BCUT2D eigenvalue weighted by atomic mass is 9.91. The molecule has 1 atom stereocenters. The van der Waals surface area contributed by atoms with Crippen LogP contribution >= 0.6 is 0 Å². The molecule has 27 heavy (non-hydrogen) atoms. The van der Waals surface area contributed by atoms with E-state index < -0.39 is 5.92 Å². The molecule has 0 saturated heterocycles. The molecule has 0 spiro atoms. The van der Waals surface area contributed by atoms with Crippen LogP contribution in [-0.2, 0) is 11.2 Å². The fraction of sp³-hybridized carbons (Fsp3) is 0.350. The fourth-order valence-electron chi connectivity index (χ4n) is 3.02. The van der Waals surface area contributed by atoms with E-state index in [0.29, 0.717) is 29.7 Å². The van der Waals surface area contributed by atoms with Gasteiger partial charge in [-0.15, -0.1) is 4.91 Å². The number of carbonyl (C=O) groups excluding carboxylic acids is 1. The van der Waals surface area contributed by atoms with Gasteiger partial charge in [-0.25, -0.2) is 0 Å². The van der Waals surface area contributed by atoms with E-state index in [9.17, 15) is 14.6 Å². The first-order valence-corrected chi connectivity index (χ1v) is 8.86. The molecule has 0 aliphatic carbocycles. The van der Waals surface area contributed by atoms with E-state index in [1.165, 1.54) is 0 Å². The Balaban J connectivity index is 2.19. The number of anilines is 1. The van der Waals surface area contributed by atoms with E-state index in [0.717, 1.165) is 5.56 Å². The molecule has 1 amide bonds. The Labute approximate surface area is 160 Å². The summed E-state index contributed by atoms with van der Waals surface area (Å²) in [6, 6.07) is 13.8. The Morgan fingerprint density at radius 3 is 2.37 bits per heavy atom. The predicted molar refractivity (Wildman–Crippen MR) is 109 cm³/mol. The molecular weight excluding hydrogens is 341 g/mol. The fourth-order valence-corrected chi connectivity index (χ4v) is 3.02. The topological polar surface area (TPSA) is 79.2 Å². The molecule has 0 N–H and O–H groups in total. The highest BCUT2D eigenvalue weighted by Crippen LogP contribution is 2.25. The lowest BCUT2D eigenvalue weighted by Crippen LogP contribution is -2.42. The zero-order valence-corrected chi connectivity index (χ0v) is 15.5. The number of nitroso groups, excluding NO2 is 2. The summed E-state index contributed by atoms with van der Waals surface area (Å²) >= 11 is 0. The molecule has 0 fully saturated rings. The van der Waals surface area contributed by atoms with Crippen molar-refractivity contribution in [2.45, 2.75) is 32.7 Å². The van der Waals surface area contributed by atoms with Crippen LogP contribution in [0, 0.1) is 15.7 Å². The Morgan fingerprint density at radius 2 is 1.81 bits per heavy atom. The highest BCUT2D eigenvalue weighted by atomic mass is 16.3. The quantitative estimate of drug-likeness (QED) is 0.504. The lowest BCUT2D eigenvalue weighted by molar-refractivity contribution is -0.122. The first-order valence-electron chi connectivity index (χ1n) is 8.86. The molecule has 2 rings (SSSR count). The van der Waals surface area contributed by atoms with Crippen molar-refractivity contribution in [2.75, 3.05) is 11.4 Å². The second-order valence-electron chi connectivity index (χ2n) is 6.70. The molecule has 0 heterocycles. The first kappa shape index (κ1) is 20.5. The molecule has 0 aliphatic heterocycles. The van der Waals surface area contributed by atoms with Gasteiger partial charge in [0.1, 0.15) is 13.5 Å². The van der Waals surface area contributed by atoms with Crippen LogP contribution in [0.4, 0.5) is 11.4 Å². The van der Waals surface area contributed by atoms with Crippen LogP contribution < -0.4 is 10.4 Å². The summed E-state index contributed by atoms with van der Waals surface area (Å²) in [5.41, 5.74) is 2.62. The van der Waals surface area contributed by atoms with E-state index >= 15 is 0 Å². The van der Waals surface area contributed by atoms with E-state index in [1.807, 2.05) is 32.0 Å². The van der Waals surface area contributed by atoms with Crippen molar-refractivity contribution in [3.63, 3.8) is 0 Å². The summed E-state index contributed by atoms with van der Waals surface area (Å²) in [6.45, 7) is 3.71. The maximum absolute atomic E-state index is 13.1. The third-order valence-corrected chi connectivity index (χ3v) is 4.36. The van der Waals surface area contributed by atoms with Gasteiger partial charge in [-0.2, -0.15) is 4.91 Å². The minimum atomic E-state index is -0.532. The number of aryl methyl sites for hydroxylation is 1. The maximum atomic E-state index is 13.1. The zero-order chi connectivity index (χ0) is 19.8. The van der Waals surface area contributed by atoms with Crippen molar-refractivity contribution in [1.29, 1.82) is 0 Å². The van der Waals surface area contributed by atoms with E-state index in [-0.39, 0.29) is 18.5 Å². The van der Waals surface area contributed by atoms with Crippen LogP contribution in [0.3, 0.4) is 0 Å². The summed E-state index contributed by atoms with van der Waals surface area (Å²) in [5, 5.41) is 5.85. The highest BCUT2D eigenvalue weighted by Gasteiger charge is 2.27. The van der Waals surface area contributed by atoms with Crippen molar-refractivity contribution in [3.8, 4) is 0 Å². The monoisotopic (exact) mass is 363 g/mol. The molecule has 6 nitrogen and oxygen atoms in total. The van der Waals surface area contributed by atoms with Crippen molar-refractivity contribution in [2.24, 2.45) is 16.3 Å². The smallest absolute Gasteiger partial charge is 0.232 e. The van der Waals surface area contributed by atoms with Crippen molar-refractivity contribution in [1.82, 2.24) is 0 Å². The van der Waals surface area contributed by atoms with Gasteiger partial charge in [0.25, 0.3) is 0 Å². The largest absolute Gasteiger partial charge is 0.310 e. The van der Waals surface area contributed by atoms with Crippen LogP contribution in [0.1, 0.15) is 25.8 Å². The van der Waals surface area contributed by atoms with Crippen LogP contribution in [0.2, 0.25) is 0 Å². The Morgan fingerprint density at radius 1 is 1.11 bits per heavy atom. The molecule has 1 unspecified atom stereocenters. The number of nitrogens with zero attached hydrogens (tertiary/aromatic N) is 3. The van der Waals surface area contributed by atoms with Crippen LogP contribution in [0.25, 0.3) is 0 Å². The molecule has 2 radical (unpaired) electrons. The summed E-state index contributed by atoms with van der Waals surface area (Å²) in [7, 11) is 5.80. The second kappa shape index (κ2) is 9.76. The van der Waals surface area contributed by atoms with E-state index in [1.54, 1.807) is 35.2 Å². The molecule has 2 aromatic carbocycles. The highest BCUT2D eigenvalue weighted by molar-refractivity contribution is 6.32. The third kappa shape index (κ3) is 5.57. The number of amides is 1. The molecule has 0 bridgehead atoms. The van der Waals surface area contributed by atoms with E-state index in [2.05, 4.69) is 10.4 Å². The number of rotatable bonds is 9. The summed E-state index contributed by atoms with van der Waals surface area (Å²) < 4.78 is 0. The van der Waals surface area contributed by atoms with Gasteiger partial charge in [0.05, 0.1) is 12.5 Å². The summed E-state index contributed by atoms with van der Waals surface area (Å²) in [6.07, 6.45) is 1.11. The Bertz CT molecular complexity index is 793. The molecule has 0 aliphatic rings. The zero-order valence-electron chi connectivity index (χ0n) is 15.5. The molecule has 0 aromatic heterocycles. The van der Waals surface area contributed by atoms with Crippen molar-refractivity contribution >= 4 is 30.6 Å². The Kier molecular flexibility index (Phi) is 7.40. The number of benzene rings is 2. The third-order valence-electron chi connectivity index (χ3n) is 4.36. The summed E-state index contributed by atoms with van der Waals surface area (Å²) in [5.74, 6) is -0.699. The van der Waals surface area contributed by atoms with Crippen LogP contribution in [0.5, 0.6) is 0 Å². The SMILES string of the molecule is [B]c1cccc(CCC(CN=O)C(=O)N(c2ccc(N=O)cc2)C(C)C)c1.